The van der Waals surface area contributed by atoms with Crippen LogP contribution in [0.1, 0.15) is 11.1 Å². The number of carbonyl (C=O) groups is 1. The van der Waals surface area contributed by atoms with E-state index in [4.69, 9.17) is 11.6 Å². The molecule has 0 saturated heterocycles. The molecule has 0 heterocycles. The van der Waals surface area contributed by atoms with Crippen LogP contribution < -0.4 is 14.6 Å². The first kappa shape index (κ1) is 28.5. The molecule has 196 valence electrons. The molecule has 0 atom stereocenters. The second-order valence-electron chi connectivity index (χ2n) is 7.89. The average molecular weight is 618 g/mol. The van der Waals surface area contributed by atoms with Crippen molar-refractivity contribution in [3.63, 3.8) is 0 Å². The summed E-state index contributed by atoms with van der Waals surface area (Å²) in [4.78, 5) is 14.4. The van der Waals surface area contributed by atoms with E-state index >= 15 is 0 Å². The van der Waals surface area contributed by atoms with Crippen LogP contribution in [-0.2, 0) is 21.0 Å². The van der Waals surface area contributed by atoms with Gasteiger partial charge in [-0.1, -0.05) is 35.9 Å². The van der Waals surface area contributed by atoms with Crippen molar-refractivity contribution >= 4 is 61.1 Å². The second kappa shape index (κ2) is 11.5. The van der Waals surface area contributed by atoms with Crippen molar-refractivity contribution in [2.75, 3.05) is 29.8 Å². The summed E-state index contributed by atoms with van der Waals surface area (Å²) >= 11 is 9.55. The fourth-order valence-electron chi connectivity index (χ4n) is 3.21. The molecule has 3 aromatic carbocycles. The highest BCUT2D eigenvalue weighted by Gasteiger charge is 2.34. The third kappa shape index (κ3) is 7.02. The number of amides is 1. The SMILES string of the molecule is CN(C)c1ccc(/C=N/NC(=O)CN(c2cc(C(F)(F)F)ccc2Cl)S(=O)(=O)c2ccccc2)cc1Br. The molecule has 0 aliphatic carbocycles. The van der Waals surface area contributed by atoms with E-state index < -0.39 is 39.9 Å². The Morgan fingerprint density at radius 3 is 2.32 bits per heavy atom. The Labute approximate surface area is 225 Å². The van der Waals surface area contributed by atoms with E-state index in [0.717, 1.165) is 22.3 Å². The number of halogens is 5. The van der Waals surface area contributed by atoms with Crippen LogP contribution >= 0.6 is 27.5 Å². The predicted octanol–water partition coefficient (Wildman–Crippen LogP) is 5.53. The number of carbonyl (C=O) groups excluding carboxylic acids is 1. The van der Waals surface area contributed by atoms with Gasteiger partial charge in [0.05, 0.1) is 33.1 Å². The molecule has 0 saturated carbocycles. The molecule has 3 rings (SSSR count). The van der Waals surface area contributed by atoms with E-state index in [1.54, 1.807) is 18.2 Å². The van der Waals surface area contributed by atoms with Crippen molar-refractivity contribution in [2.45, 2.75) is 11.1 Å². The standard InChI is InChI=1S/C24H21BrClF3N4O3S/c1-32(2)21-11-8-16(12-19(21)25)14-30-31-23(34)15-33(37(35,36)18-6-4-3-5-7-18)22-13-17(24(27,28)29)9-10-20(22)26/h3-14H,15H2,1-2H3,(H,31,34)/b30-14+. The zero-order chi connectivity index (χ0) is 27.4. The summed E-state index contributed by atoms with van der Waals surface area (Å²) in [7, 11) is -0.722. The number of hydrazone groups is 1. The second-order valence-corrected chi connectivity index (χ2v) is 11.0. The van der Waals surface area contributed by atoms with Crippen LogP contribution in [0.15, 0.2) is 81.2 Å². The zero-order valence-electron chi connectivity index (χ0n) is 19.5. The van der Waals surface area contributed by atoms with Gasteiger partial charge in [0.25, 0.3) is 15.9 Å². The third-order valence-corrected chi connectivity index (χ3v) is 7.75. The first-order chi connectivity index (χ1) is 17.3. The summed E-state index contributed by atoms with van der Waals surface area (Å²) in [6.45, 7) is -0.876. The summed E-state index contributed by atoms with van der Waals surface area (Å²) < 4.78 is 68.1. The van der Waals surface area contributed by atoms with E-state index in [2.05, 4.69) is 26.5 Å². The van der Waals surface area contributed by atoms with Crippen molar-refractivity contribution in [3.05, 3.63) is 87.4 Å². The Hall–Kier alpha value is -3.09. The van der Waals surface area contributed by atoms with Crippen LogP contribution in [0.2, 0.25) is 5.02 Å². The van der Waals surface area contributed by atoms with Crippen LogP contribution in [-0.4, -0.2) is 41.2 Å². The molecule has 0 aliphatic heterocycles. The third-order valence-electron chi connectivity index (χ3n) is 5.02. The minimum Gasteiger partial charge on any atom is -0.377 e. The average Bonchev–Trinajstić information content (AvgIpc) is 2.82. The Balaban J connectivity index is 1.91. The molecule has 0 aromatic heterocycles. The molecule has 1 amide bonds. The Morgan fingerprint density at radius 2 is 1.73 bits per heavy atom. The first-order valence-corrected chi connectivity index (χ1v) is 13.1. The minimum atomic E-state index is -4.76. The van der Waals surface area contributed by atoms with E-state index in [1.807, 2.05) is 25.1 Å². The number of rotatable bonds is 8. The molecule has 3 aromatic rings. The first-order valence-electron chi connectivity index (χ1n) is 10.5. The smallest absolute Gasteiger partial charge is 0.377 e. The number of nitrogens with one attached hydrogen (secondary N) is 1. The lowest BCUT2D eigenvalue weighted by atomic mass is 10.2. The van der Waals surface area contributed by atoms with Crippen LogP contribution in [0, 0.1) is 0 Å². The molecule has 0 fully saturated rings. The Kier molecular flexibility index (Phi) is 8.88. The van der Waals surface area contributed by atoms with E-state index in [9.17, 15) is 26.4 Å². The van der Waals surface area contributed by atoms with Gasteiger partial charge in [-0.2, -0.15) is 18.3 Å². The van der Waals surface area contributed by atoms with Crippen molar-refractivity contribution in [1.82, 2.24) is 5.43 Å². The lowest BCUT2D eigenvalue weighted by Crippen LogP contribution is -2.40. The number of anilines is 2. The quantitative estimate of drug-likeness (QED) is 0.266. The summed E-state index contributed by atoms with van der Waals surface area (Å²) in [6.07, 6.45) is -3.42. The van der Waals surface area contributed by atoms with Gasteiger partial charge < -0.3 is 4.90 Å². The van der Waals surface area contributed by atoms with Crippen molar-refractivity contribution in [2.24, 2.45) is 5.10 Å². The van der Waals surface area contributed by atoms with Crippen LogP contribution in [0.25, 0.3) is 0 Å². The zero-order valence-corrected chi connectivity index (χ0v) is 22.7. The van der Waals surface area contributed by atoms with Crippen molar-refractivity contribution in [1.29, 1.82) is 0 Å². The maximum atomic E-state index is 13.4. The number of nitrogens with zero attached hydrogens (tertiary/aromatic N) is 3. The monoisotopic (exact) mass is 616 g/mol. The molecule has 7 nitrogen and oxygen atoms in total. The fraction of sp³-hybridized carbons (Fsp3) is 0.167. The van der Waals surface area contributed by atoms with E-state index in [1.165, 1.54) is 30.5 Å². The van der Waals surface area contributed by atoms with E-state index in [-0.39, 0.29) is 9.92 Å². The normalized spacial score (nSPS) is 12.0. The van der Waals surface area contributed by atoms with Gasteiger partial charge in [0.2, 0.25) is 0 Å². The molecular formula is C24H21BrClF3N4O3S. The molecular weight excluding hydrogens is 597 g/mol. The van der Waals surface area contributed by atoms with Gasteiger partial charge in [0, 0.05) is 18.6 Å². The van der Waals surface area contributed by atoms with Gasteiger partial charge in [-0.25, -0.2) is 13.8 Å². The summed E-state index contributed by atoms with van der Waals surface area (Å²) in [6, 6.07) is 14.6. The van der Waals surface area contributed by atoms with Crippen LogP contribution in [0.4, 0.5) is 24.5 Å². The van der Waals surface area contributed by atoms with Gasteiger partial charge in [-0.3, -0.25) is 9.10 Å². The van der Waals surface area contributed by atoms with Gasteiger partial charge in [0.15, 0.2) is 0 Å². The molecule has 0 aliphatic rings. The minimum absolute atomic E-state index is 0.231. The lowest BCUT2D eigenvalue weighted by molar-refractivity contribution is -0.137. The molecule has 13 heteroatoms. The van der Waals surface area contributed by atoms with Crippen molar-refractivity contribution < 1.29 is 26.4 Å². The predicted molar refractivity (Wildman–Crippen MR) is 142 cm³/mol. The molecule has 0 bridgehead atoms. The Bertz CT molecular complexity index is 1420. The molecule has 0 unspecified atom stereocenters. The Morgan fingerprint density at radius 1 is 1.05 bits per heavy atom. The van der Waals surface area contributed by atoms with E-state index in [0.29, 0.717) is 15.9 Å². The van der Waals surface area contributed by atoms with Gasteiger partial charge in [-0.15, -0.1) is 0 Å². The fourth-order valence-corrected chi connectivity index (χ4v) is 5.68. The van der Waals surface area contributed by atoms with Crippen LogP contribution in [0.3, 0.4) is 0 Å². The van der Waals surface area contributed by atoms with Gasteiger partial charge >= 0.3 is 6.18 Å². The summed E-state index contributed by atoms with van der Waals surface area (Å²) in [5, 5.41) is 3.56. The van der Waals surface area contributed by atoms with Crippen molar-refractivity contribution in [3.8, 4) is 0 Å². The number of benzene rings is 3. The highest BCUT2D eigenvalue weighted by molar-refractivity contribution is 9.10. The number of alkyl halides is 3. The molecule has 37 heavy (non-hydrogen) atoms. The van der Waals surface area contributed by atoms with Gasteiger partial charge in [0.1, 0.15) is 6.54 Å². The van der Waals surface area contributed by atoms with Gasteiger partial charge in [-0.05, 0) is 64.0 Å². The highest BCUT2D eigenvalue weighted by Crippen LogP contribution is 2.37. The summed E-state index contributed by atoms with van der Waals surface area (Å²) in [5.74, 6) is -0.895. The molecule has 0 radical (unpaired) electrons. The largest absolute Gasteiger partial charge is 0.416 e. The molecule has 1 N–H and O–H groups in total. The number of hydrogen-bond donors (Lipinski definition) is 1. The maximum Gasteiger partial charge on any atom is 0.416 e. The summed E-state index contributed by atoms with van der Waals surface area (Å²) in [5.41, 5.74) is 2.14. The molecule has 0 spiro atoms. The lowest BCUT2D eigenvalue weighted by Gasteiger charge is -2.25. The number of sulfonamides is 1. The highest BCUT2D eigenvalue weighted by atomic mass is 79.9. The maximum absolute atomic E-state index is 13.4. The topological polar surface area (TPSA) is 82.1 Å². The van der Waals surface area contributed by atoms with Crippen LogP contribution in [0.5, 0.6) is 0 Å². The number of hydrogen-bond acceptors (Lipinski definition) is 5.